The molecule has 1 aliphatic carbocycles. The molecule has 4 heteroatoms. The van der Waals surface area contributed by atoms with Gasteiger partial charge in [-0.2, -0.15) is 0 Å². The average Bonchev–Trinajstić information content (AvgIpc) is 2.28. The molecule has 1 aliphatic rings. The summed E-state index contributed by atoms with van der Waals surface area (Å²) >= 11 is 3.34. The van der Waals surface area contributed by atoms with Crippen LogP contribution in [-0.2, 0) is 0 Å². The van der Waals surface area contributed by atoms with Crippen LogP contribution < -0.4 is 5.32 Å². The Hall–Kier alpha value is -0.640. The minimum Gasteiger partial charge on any atom is -0.351 e. The number of anilines is 1. The van der Waals surface area contributed by atoms with Gasteiger partial charge in [0, 0.05) is 18.4 Å². The van der Waals surface area contributed by atoms with Crippen LogP contribution in [0.3, 0.4) is 0 Å². The topological polar surface area (TPSA) is 37.8 Å². The molecule has 3 atom stereocenters. The number of halogens is 1. The van der Waals surface area contributed by atoms with E-state index >= 15 is 0 Å². The zero-order valence-electron chi connectivity index (χ0n) is 9.78. The number of aromatic nitrogens is 2. The maximum absolute atomic E-state index is 4.26. The van der Waals surface area contributed by atoms with Gasteiger partial charge in [0.05, 0.1) is 4.47 Å². The lowest BCUT2D eigenvalue weighted by atomic mass is 9.78. The Morgan fingerprint density at radius 3 is 2.62 bits per heavy atom. The van der Waals surface area contributed by atoms with Crippen LogP contribution in [0.4, 0.5) is 5.95 Å². The molecule has 1 fully saturated rings. The third-order valence-corrected chi connectivity index (χ3v) is 4.05. The second kappa shape index (κ2) is 5.13. The van der Waals surface area contributed by atoms with Gasteiger partial charge in [-0.25, -0.2) is 9.97 Å². The van der Waals surface area contributed by atoms with Crippen molar-refractivity contribution in [3.05, 3.63) is 16.9 Å². The molecule has 0 spiro atoms. The van der Waals surface area contributed by atoms with E-state index in [2.05, 4.69) is 45.1 Å². The van der Waals surface area contributed by atoms with Crippen molar-refractivity contribution in [3.8, 4) is 0 Å². The molecule has 88 valence electrons. The third kappa shape index (κ3) is 2.73. The summed E-state index contributed by atoms with van der Waals surface area (Å²) < 4.78 is 0.920. The lowest BCUT2D eigenvalue weighted by Gasteiger charge is -2.34. The Morgan fingerprint density at radius 1 is 1.25 bits per heavy atom. The zero-order chi connectivity index (χ0) is 11.5. The molecule has 1 heterocycles. The van der Waals surface area contributed by atoms with Crippen molar-refractivity contribution in [1.82, 2.24) is 9.97 Å². The highest BCUT2D eigenvalue weighted by molar-refractivity contribution is 9.10. The molecule has 3 nitrogen and oxygen atoms in total. The van der Waals surface area contributed by atoms with Gasteiger partial charge in [0.25, 0.3) is 0 Å². The van der Waals surface area contributed by atoms with Crippen LogP contribution in [-0.4, -0.2) is 16.0 Å². The fourth-order valence-corrected chi connectivity index (χ4v) is 2.54. The van der Waals surface area contributed by atoms with Gasteiger partial charge in [0.15, 0.2) is 0 Å². The monoisotopic (exact) mass is 283 g/mol. The summed E-state index contributed by atoms with van der Waals surface area (Å²) in [6.07, 6.45) is 7.45. The Bertz CT molecular complexity index is 339. The van der Waals surface area contributed by atoms with Crippen LogP contribution in [0.1, 0.15) is 33.1 Å². The van der Waals surface area contributed by atoms with E-state index in [1.165, 1.54) is 19.3 Å². The molecule has 0 amide bonds. The number of hydrogen-bond donors (Lipinski definition) is 1. The molecular formula is C12H18BrN3. The second-order valence-electron chi connectivity index (χ2n) is 4.74. The standard InChI is InChI=1S/C12H18BrN3/c1-8-4-3-5-11(9(8)2)16-12-14-6-10(13)7-15-12/h6-9,11H,3-5H2,1-2H3,(H,14,15,16). The van der Waals surface area contributed by atoms with Crippen LogP contribution in [0.5, 0.6) is 0 Å². The van der Waals surface area contributed by atoms with Crippen molar-refractivity contribution in [1.29, 1.82) is 0 Å². The number of nitrogens with zero attached hydrogens (tertiary/aromatic N) is 2. The van der Waals surface area contributed by atoms with Gasteiger partial charge < -0.3 is 5.32 Å². The van der Waals surface area contributed by atoms with Crippen molar-refractivity contribution in [2.75, 3.05) is 5.32 Å². The third-order valence-electron chi connectivity index (χ3n) is 3.64. The summed E-state index contributed by atoms with van der Waals surface area (Å²) in [5.41, 5.74) is 0. The molecule has 1 aromatic heterocycles. The van der Waals surface area contributed by atoms with Crippen molar-refractivity contribution in [2.45, 2.75) is 39.2 Å². The van der Waals surface area contributed by atoms with Gasteiger partial charge >= 0.3 is 0 Å². The molecule has 0 aliphatic heterocycles. The predicted molar refractivity (Wildman–Crippen MR) is 69.3 cm³/mol. The van der Waals surface area contributed by atoms with Crippen LogP contribution in [0.15, 0.2) is 16.9 Å². The highest BCUT2D eigenvalue weighted by Gasteiger charge is 2.27. The molecule has 3 unspecified atom stereocenters. The van der Waals surface area contributed by atoms with Gasteiger partial charge in [-0.3, -0.25) is 0 Å². The predicted octanol–water partition coefficient (Wildman–Crippen LogP) is 3.48. The fraction of sp³-hybridized carbons (Fsp3) is 0.667. The first-order valence-electron chi connectivity index (χ1n) is 5.91. The molecule has 1 saturated carbocycles. The Balaban J connectivity index is 2.00. The summed E-state index contributed by atoms with van der Waals surface area (Å²) in [4.78, 5) is 8.53. The lowest BCUT2D eigenvalue weighted by Crippen LogP contribution is -2.35. The number of rotatable bonds is 2. The summed E-state index contributed by atoms with van der Waals surface area (Å²) in [6, 6.07) is 0.518. The van der Waals surface area contributed by atoms with Crippen molar-refractivity contribution >= 4 is 21.9 Å². The first-order valence-corrected chi connectivity index (χ1v) is 6.70. The lowest BCUT2D eigenvalue weighted by molar-refractivity contribution is 0.252. The maximum atomic E-state index is 4.26. The van der Waals surface area contributed by atoms with E-state index in [1.54, 1.807) is 12.4 Å². The molecule has 2 rings (SSSR count). The number of hydrogen-bond acceptors (Lipinski definition) is 3. The molecule has 16 heavy (non-hydrogen) atoms. The van der Waals surface area contributed by atoms with E-state index in [0.29, 0.717) is 12.0 Å². The average molecular weight is 284 g/mol. The van der Waals surface area contributed by atoms with Crippen LogP contribution in [0.2, 0.25) is 0 Å². The van der Waals surface area contributed by atoms with Crippen molar-refractivity contribution in [3.63, 3.8) is 0 Å². The summed E-state index contributed by atoms with van der Waals surface area (Å²) in [7, 11) is 0. The molecule has 0 radical (unpaired) electrons. The van der Waals surface area contributed by atoms with E-state index < -0.39 is 0 Å². The minimum atomic E-state index is 0.518. The van der Waals surface area contributed by atoms with Gasteiger partial charge in [0.1, 0.15) is 0 Å². The molecule has 1 N–H and O–H groups in total. The highest BCUT2D eigenvalue weighted by Crippen LogP contribution is 2.30. The van der Waals surface area contributed by atoms with E-state index in [0.717, 1.165) is 16.3 Å². The molecule has 1 aromatic rings. The first-order chi connectivity index (χ1) is 7.66. The van der Waals surface area contributed by atoms with Gasteiger partial charge in [0.2, 0.25) is 5.95 Å². The normalized spacial score (nSPS) is 30.1. The number of nitrogens with one attached hydrogen (secondary N) is 1. The maximum Gasteiger partial charge on any atom is 0.222 e. The smallest absolute Gasteiger partial charge is 0.222 e. The largest absolute Gasteiger partial charge is 0.351 e. The quantitative estimate of drug-likeness (QED) is 0.903. The van der Waals surface area contributed by atoms with E-state index in [1.807, 2.05) is 0 Å². The molecule has 0 aromatic carbocycles. The fourth-order valence-electron chi connectivity index (χ4n) is 2.34. The van der Waals surface area contributed by atoms with Crippen LogP contribution >= 0.6 is 15.9 Å². The Kier molecular flexibility index (Phi) is 3.79. The van der Waals surface area contributed by atoms with Crippen molar-refractivity contribution in [2.24, 2.45) is 11.8 Å². The second-order valence-corrected chi connectivity index (χ2v) is 5.66. The molecular weight excluding hydrogens is 266 g/mol. The summed E-state index contributed by atoms with van der Waals surface area (Å²) in [5.74, 6) is 2.23. The SMILES string of the molecule is CC1CCCC(Nc2ncc(Br)cn2)C1C. The zero-order valence-corrected chi connectivity index (χ0v) is 11.4. The van der Waals surface area contributed by atoms with E-state index in [4.69, 9.17) is 0 Å². The first kappa shape index (κ1) is 11.8. The molecule has 0 bridgehead atoms. The molecule has 0 saturated heterocycles. The Morgan fingerprint density at radius 2 is 1.94 bits per heavy atom. The highest BCUT2D eigenvalue weighted by atomic mass is 79.9. The van der Waals surface area contributed by atoms with Gasteiger partial charge in [-0.1, -0.05) is 26.7 Å². The Labute approximate surface area is 105 Å². The van der Waals surface area contributed by atoms with E-state index in [9.17, 15) is 0 Å². The van der Waals surface area contributed by atoms with Crippen molar-refractivity contribution < 1.29 is 0 Å². The minimum absolute atomic E-state index is 0.518. The summed E-state index contributed by atoms with van der Waals surface area (Å²) in [5, 5.41) is 3.45. The van der Waals surface area contributed by atoms with Crippen LogP contribution in [0.25, 0.3) is 0 Å². The van der Waals surface area contributed by atoms with Crippen LogP contribution in [0, 0.1) is 11.8 Å². The summed E-state index contributed by atoms with van der Waals surface area (Å²) in [6.45, 7) is 4.65. The van der Waals surface area contributed by atoms with E-state index in [-0.39, 0.29) is 0 Å². The van der Waals surface area contributed by atoms with Gasteiger partial charge in [-0.05, 0) is 34.2 Å². The van der Waals surface area contributed by atoms with Gasteiger partial charge in [-0.15, -0.1) is 0 Å².